The van der Waals surface area contributed by atoms with Crippen molar-refractivity contribution in [2.45, 2.75) is 57.4 Å². The van der Waals surface area contributed by atoms with Crippen molar-refractivity contribution in [3.8, 4) is 0 Å². The summed E-state index contributed by atoms with van der Waals surface area (Å²) >= 11 is 0. The first kappa shape index (κ1) is 16.8. The highest BCUT2D eigenvalue weighted by atomic mass is 16.2. The molecule has 0 unspecified atom stereocenters. The van der Waals surface area contributed by atoms with Crippen LogP contribution < -0.4 is 5.32 Å². The van der Waals surface area contributed by atoms with Crippen LogP contribution in [-0.2, 0) is 10.2 Å². The molecule has 1 atom stereocenters. The van der Waals surface area contributed by atoms with E-state index in [-0.39, 0.29) is 17.4 Å². The number of carbonyl (C=O) groups is 1. The first-order valence-electron chi connectivity index (χ1n) is 9.09. The molecule has 2 aromatic rings. The van der Waals surface area contributed by atoms with Crippen molar-refractivity contribution in [2.24, 2.45) is 0 Å². The minimum atomic E-state index is -0.350. The van der Waals surface area contributed by atoms with Gasteiger partial charge in [0.15, 0.2) is 0 Å². The van der Waals surface area contributed by atoms with Gasteiger partial charge in [0.05, 0.1) is 11.5 Å². The largest absolute Gasteiger partial charge is 0.349 e. The molecule has 126 valence electrons. The summed E-state index contributed by atoms with van der Waals surface area (Å²) in [7, 11) is 0. The Labute approximate surface area is 145 Å². The van der Waals surface area contributed by atoms with E-state index in [9.17, 15) is 4.79 Å². The number of benzene rings is 2. The van der Waals surface area contributed by atoms with Crippen LogP contribution in [0.1, 0.15) is 61.8 Å². The summed E-state index contributed by atoms with van der Waals surface area (Å²) in [6.45, 7) is 4.26. The van der Waals surface area contributed by atoms with E-state index in [1.165, 1.54) is 16.7 Å². The van der Waals surface area contributed by atoms with Gasteiger partial charge in [-0.2, -0.15) is 0 Å². The minimum absolute atomic E-state index is 0.0832. The maximum absolute atomic E-state index is 13.3. The molecule has 1 N–H and O–H groups in total. The Morgan fingerprint density at radius 2 is 1.67 bits per heavy atom. The lowest BCUT2D eigenvalue weighted by Crippen LogP contribution is -2.44. The third kappa shape index (κ3) is 3.10. The number of rotatable bonds is 5. The molecular formula is C22H27NO. The Balaban J connectivity index is 1.88. The zero-order valence-corrected chi connectivity index (χ0v) is 14.7. The molecule has 1 amide bonds. The SMILES string of the molecule is CC[C@H](NC(=O)C1(c2ccccc2)CCCC1)c1ccccc1C. The van der Waals surface area contributed by atoms with Crippen molar-refractivity contribution in [2.75, 3.05) is 0 Å². The van der Waals surface area contributed by atoms with Crippen LogP contribution in [0.25, 0.3) is 0 Å². The fourth-order valence-electron chi connectivity index (χ4n) is 4.06. The zero-order valence-electron chi connectivity index (χ0n) is 14.7. The maximum atomic E-state index is 13.3. The molecule has 2 nitrogen and oxygen atoms in total. The van der Waals surface area contributed by atoms with Gasteiger partial charge >= 0.3 is 0 Å². The van der Waals surface area contributed by atoms with E-state index >= 15 is 0 Å². The summed E-state index contributed by atoms with van der Waals surface area (Å²) in [6.07, 6.45) is 5.06. The Morgan fingerprint density at radius 3 is 2.29 bits per heavy atom. The molecule has 0 bridgehead atoms. The predicted octanol–water partition coefficient (Wildman–Crippen LogP) is 5.07. The van der Waals surface area contributed by atoms with Crippen molar-refractivity contribution in [3.63, 3.8) is 0 Å². The molecule has 1 aliphatic carbocycles. The molecule has 0 aliphatic heterocycles. The number of amides is 1. The first-order chi connectivity index (χ1) is 11.7. The number of hydrogen-bond donors (Lipinski definition) is 1. The van der Waals surface area contributed by atoms with Gasteiger partial charge in [-0.05, 0) is 42.9 Å². The van der Waals surface area contributed by atoms with E-state index < -0.39 is 0 Å². The van der Waals surface area contributed by atoms with Crippen LogP contribution in [0.4, 0.5) is 0 Å². The summed E-state index contributed by atoms with van der Waals surface area (Å²) in [6, 6.07) is 18.8. The summed E-state index contributed by atoms with van der Waals surface area (Å²) in [5, 5.41) is 3.37. The minimum Gasteiger partial charge on any atom is -0.349 e. The van der Waals surface area contributed by atoms with E-state index in [2.05, 4.69) is 55.6 Å². The predicted molar refractivity (Wildman–Crippen MR) is 98.9 cm³/mol. The Kier molecular flexibility index (Phi) is 5.03. The molecule has 24 heavy (non-hydrogen) atoms. The fraction of sp³-hybridized carbons (Fsp3) is 0.409. The number of carbonyl (C=O) groups excluding carboxylic acids is 1. The summed E-state index contributed by atoms with van der Waals surface area (Å²) < 4.78 is 0. The van der Waals surface area contributed by atoms with E-state index in [0.717, 1.165) is 32.1 Å². The van der Waals surface area contributed by atoms with Gasteiger partial charge in [-0.25, -0.2) is 0 Å². The van der Waals surface area contributed by atoms with Gasteiger partial charge in [0.2, 0.25) is 5.91 Å². The highest BCUT2D eigenvalue weighted by Crippen LogP contribution is 2.42. The topological polar surface area (TPSA) is 29.1 Å². The number of nitrogens with one attached hydrogen (secondary N) is 1. The van der Waals surface area contributed by atoms with E-state index in [1.54, 1.807) is 0 Å². The highest BCUT2D eigenvalue weighted by Gasteiger charge is 2.43. The monoisotopic (exact) mass is 321 g/mol. The standard InChI is InChI=1S/C22H27NO/c1-3-20(19-14-8-7-11-17(19)2)23-21(24)22(15-9-10-16-22)18-12-5-4-6-13-18/h4-8,11-14,20H,3,9-10,15-16H2,1-2H3,(H,23,24)/t20-/m0/s1. The average Bonchev–Trinajstić information content (AvgIpc) is 3.12. The van der Waals surface area contributed by atoms with Gasteiger partial charge < -0.3 is 5.32 Å². The lowest BCUT2D eigenvalue weighted by Gasteiger charge is -2.31. The van der Waals surface area contributed by atoms with Crippen molar-refractivity contribution in [1.82, 2.24) is 5.32 Å². The van der Waals surface area contributed by atoms with Crippen molar-refractivity contribution < 1.29 is 4.79 Å². The second-order valence-electron chi connectivity index (χ2n) is 6.95. The van der Waals surface area contributed by atoms with Crippen molar-refractivity contribution in [1.29, 1.82) is 0 Å². The van der Waals surface area contributed by atoms with E-state index in [0.29, 0.717) is 0 Å². The van der Waals surface area contributed by atoms with Crippen LogP contribution in [0.3, 0.4) is 0 Å². The van der Waals surface area contributed by atoms with Crippen LogP contribution in [0, 0.1) is 6.92 Å². The Bertz CT molecular complexity index is 686. The van der Waals surface area contributed by atoms with E-state index in [4.69, 9.17) is 0 Å². The zero-order chi connectivity index (χ0) is 17.0. The third-order valence-corrected chi connectivity index (χ3v) is 5.50. The summed E-state index contributed by atoms with van der Waals surface area (Å²) in [5.41, 5.74) is 3.29. The highest BCUT2D eigenvalue weighted by molar-refractivity contribution is 5.89. The molecule has 0 aromatic heterocycles. The van der Waals surface area contributed by atoms with E-state index in [1.807, 2.05) is 18.2 Å². The first-order valence-corrected chi connectivity index (χ1v) is 9.09. The fourth-order valence-corrected chi connectivity index (χ4v) is 4.06. The molecule has 0 radical (unpaired) electrons. The smallest absolute Gasteiger partial charge is 0.231 e. The summed E-state index contributed by atoms with van der Waals surface area (Å²) in [5.74, 6) is 0.196. The third-order valence-electron chi connectivity index (χ3n) is 5.50. The van der Waals surface area contributed by atoms with Gasteiger partial charge in [-0.3, -0.25) is 4.79 Å². The molecule has 0 saturated heterocycles. The van der Waals surface area contributed by atoms with Crippen LogP contribution in [0.5, 0.6) is 0 Å². The summed E-state index contributed by atoms with van der Waals surface area (Å²) in [4.78, 5) is 13.3. The molecule has 3 rings (SSSR count). The molecule has 2 aromatic carbocycles. The Hall–Kier alpha value is -2.09. The van der Waals surface area contributed by atoms with Crippen LogP contribution in [0.2, 0.25) is 0 Å². The lowest BCUT2D eigenvalue weighted by molar-refractivity contribution is -0.127. The van der Waals surface area contributed by atoms with Crippen molar-refractivity contribution in [3.05, 3.63) is 71.3 Å². The lowest BCUT2D eigenvalue weighted by atomic mass is 9.77. The van der Waals surface area contributed by atoms with Gasteiger partial charge in [-0.1, -0.05) is 74.4 Å². The van der Waals surface area contributed by atoms with Crippen molar-refractivity contribution >= 4 is 5.91 Å². The number of aryl methyl sites for hydroxylation is 1. The molecule has 1 fully saturated rings. The quantitative estimate of drug-likeness (QED) is 0.818. The molecule has 1 saturated carbocycles. The molecule has 0 spiro atoms. The average molecular weight is 321 g/mol. The van der Waals surface area contributed by atoms with Gasteiger partial charge in [-0.15, -0.1) is 0 Å². The van der Waals surface area contributed by atoms with Gasteiger partial charge in [0.25, 0.3) is 0 Å². The van der Waals surface area contributed by atoms with Gasteiger partial charge in [0, 0.05) is 0 Å². The molecule has 0 heterocycles. The van der Waals surface area contributed by atoms with Crippen LogP contribution >= 0.6 is 0 Å². The van der Waals surface area contributed by atoms with Crippen LogP contribution in [0.15, 0.2) is 54.6 Å². The molecular weight excluding hydrogens is 294 g/mol. The second-order valence-corrected chi connectivity index (χ2v) is 6.95. The number of hydrogen-bond acceptors (Lipinski definition) is 1. The maximum Gasteiger partial charge on any atom is 0.231 e. The molecule has 1 aliphatic rings. The molecule has 2 heteroatoms. The second kappa shape index (κ2) is 7.21. The Morgan fingerprint density at radius 1 is 1.04 bits per heavy atom. The normalized spacial score (nSPS) is 17.4. The van der Waals surface area contributed by atoms with Crippen LogP contribution in [-0.4, -0.2) is 5.91 Å². The van der Waals surface area contributed by atoms with Gasteiger partial charge in [0.1, 0.15) is 0 Å².